The lowest BCUT2D eigenvalue weighted by atomic mass is 10.2. The SMILES string of the molecule is C[C@H](C(=O)Nc1cc(Cl)ccc1Cl)N(c1ccccc1F)S(C)(=O)=O. The molecule has 0 saturated heterocycles. The Morgan fingerprint density at radius 1 is 1.20 bits per heavy atom. The Balaban J connectivity index is 2.37. The highest BCUT2D eigenvalue weighted by atomic mass is 35.5. The maximum absolute atomic E-state index is 14.1. The van der Waals surface area contributed by atoms with Gasteiger partial charge < -0.3 is 5.32 Å². The van der Waals surface area contributed by atoms with Gasteiger partial charge in [-0.05, 0) is 37.3 Å². The van der Waals surface area contributed by atoms with Gasteiger partial charge in [-0.15, -0.1) is 0 Å². The first-order valence-electron chi connectivity index (χ1n) is 7.11. The number of halogens is 3. The van der Waals surface area contributed by atoms with Crippen LogP contribution in [0.5, 0.6) is 0 Å². The number of rotatable bonds is 5. The van der Waals surface area contributed by atoms with E-state index in [9.17, 15) is 17.6 Å². The maximum atomic E-state index is 14.1. The summed E-state index contributed by atoms with van der Waals surface area (Å²) in [5.74, 6) is -1.44. The molecule has 0 fully saturated rings. The molecular formula is C16H15Cl2FN2O3S. The van der Waals surface area contributed by atoms with Gasteiger partial charge in [-0.1, -0.05) is 35.3 Å². The smallest absolute Gasteiger partial charge is 0.248 e. The second-order valence-electron chi connectivity index (χ2n) is 5.30. The maximum Gasteiger partial charge on any atom is 0.248 e. The fourth-order valence-electron chi connectivity index (χ4n) is 2.24. The van der Waals surface area contributed by atoms with E-state index in [0.29, 0.717) is 5.02 Å². The van der Waals surface area contributed by atoms with Crippen molar-refractivity contribution in [3.63, 3.8) is 0 Å². The van der Waals surface area contributed by atoms with Gasteiger partial charge in [0.15, 0.2) is 0 Å². The minimum absolute atomic E-state index is 0.218. The molecule has 0 heterocycles. The van der Waals surface area contributed by atoms with Crippen molar-refractivity contribution in [3.8, 4) is 0 Å². The number of para-hydroxylation sites is 1. The number of sulfonamides is 1. The predicted molar refractivity (Wildman–Crippen MR) is 98.3 cm³/mol. The molecule has 0 radical (unpaired) electrons. The van der Waals surface area contributed by atoms with Crippen molar-refractivity contribution in [3.05, 3.63) is 58.3 Å². The first-order valence-corrected chi connectivity index (χ1v) is 9.71. The van der Waals surface area contributed by atoms with Crippen molar-refractivity contribution in [2.45, 2.75) is 13.0 Å². The van der Waals surface area contributed by atoms with E-state index in [2.05, 4.69) is 5.32 Å². The molecule has 134 valence electrons. The van der Waals surface area contributed by atoms with Crippen molar-refractivity contribution in [2.24, 2.45) is 0 Å². The summed E-state index contributed by atoms with van der Waals surface area (Å²) in [6, 6.07) is 8.56. The second-order valence-corrected chi connectivity index (χ2v) is 8.00. The largest absolute Gasteiger partial charge is 0.323 e. The van der Waals surface area contributed by atoms with Crippen LogP contribution in [0.4, 0.5) is 15.8 Å². The molecule has 2 rings (SSSR count). The zero-order valence-corrected chi connectivity index (χ0v) is 15.7. The summed E-state index contributed by atoms with van der Waals surface area (Å²) < 4.78 is 39.1. The van der Waals surface area contributed by atoms with Gasteiger partial charge in [-0.3, -0.25) is 9.10 Å². The Bertz CT molecular complexity index is 906. The number of hydrogen-bond donors (Lipinski definition) is 1. The number of nitrogens with zero attached hydrogens (tertiary/aromatic N) is 1. The third kappa shape index (κ3) is 4.62. The number of nitrogens with one attached hydrogen (secondary N) is 1. The summed E-state index contributed by atoms with van der Waals surface area (Å²) in [5.41, 5.74) is 0.0119. The number of carbonyl (C=O) groups excluding carboxylic acids is 1. The molecule has 0 aliphatic heterocycles. The Labute approximate surface area is 155 Å². The molecule has 0 aliphatic carbocycles. The van der Waals surface area contributed by atoms with Crippen molar-refractivity contribution in [1.29, 1.82) is 0 Å². The van der Waals surface area contributed by atoms with E-state index < -0.39 is 27.8 Å². The molecule has 0 spiro atoms. The van der Waals surface area contributed by atoms with Gasteiger partial charge in [-0.2, -0.15) is 0 Å². The molecule has 1 amide bonds. The van der Waals surface area contributed by atoms with Crippen molar-refractivity contribution in [2.75, 3.05) is 15.9 Å². The number of hydrogen-bond acceptors (Lipinski definition) is 3. The average Bonchev–Trinajstić information content (AvgIpc) is 2.51. The van der Waals surface area contributed by atoms with E-state index in [1.165, 1.54) is 37.3 Å². The van der Waals surface area contributed by atoms with Gasteiger partial charge in [0.2, 0.25) is 15.9 Å². The zero-order valence-electron chi connectivity index (χ0n) is 13.3. The van der Waals surface area contributed by atoms with E-state index in [1.54, 1.807) is 6.07 Å². The lowest BCUT2D eigenvalue weighted by molar-refractivity contribution is -0.116. The fourth-order valence-corrected chi connectivity index (χ4v) is 3.75. The van der Waals surface area contributed by atoms with Crippen LogP contribution >= 0.6 is 23.2 Å². The van der Waals surface area contributed by atoms with E-state index in [4.69, 9.17) is 23.2 Å². The molecule has 1 atom stereocenters. The first-order chi connectivity index (χ1) is 11.6. The van der Waals surface area contributed by atoms with Gasteiger partial charge in [0.05, 0.1) is 22.7 Å². The van der Waals surface area contributed by atoms with E-state index >= 15 is 0 Å². The Morgan fingerprint density at radius 3 is 2.44 bits per heavy atom. The van der Waals surface area contributed by atoms with Gasteiger partial charge in [0.25, 0.3) is 0 Å². The van der Waals surface area contributed by atoms with Gasteiger partial charge in [-0.25, -0.2) is 12.8 Å². The summed E-state index contributed by atoms with van der Waals surface area (Å²) in [7, 11) is -3.92. The third-order valence-corrected chi connectivity index (χ3v) is 5.16. The summed E-state index contributed by atoms with van der Waals surface area (Å²) in [6.45, 7) is 1.35. The monoisotopic (exact) mass is 404 g/mol. The second kappa shape index (κ2) is 7.59. The molecule has 1 N–H and O–H groups in total. The quantitative estimate of drug-likeness (QED) is 0.820. The molecule has 0 saturated carbocycles. The van der Waals surface area contributed by atoms with Crippen LogP contribution in [0.3, 0.4) is 0 Å². The van der Waals surface area contributed by atoms with Crippen LogP contribution in [-0.4, -0.2) is 26.6 Å². The number of carbonyl (C=O) groups is 1. The van der Waals surface area contributed by atoms with Crippen molar-refractivity contribution >= 4 is 50.5 Å². The molecular weight excluding hydrogens is 390 g/mol. The summed E-state index contributed by atoms with van der Waals surface area (Å²) >= 11 is 11.9. The third-order valence-electron chi connectivity index (χ3n) is 3.36. The van der Waals surface area contributed by atoms with Gasteiger partial charge in [0, 0.05) is 5.02 Å². The average molecular weight is 405 g/mol. The minimum Gasteiger partial charge on any atom is -0.323 e. The number of anilines is 2. The number of benzene rings is 2. The summed E-state index contributed by atoms with van der Waals surface area (Å²) in [6.07, 6.45) is 0.898. The van der Waals surface area contributed by atoms with Gasteiger partial charge in [0.1, 0.15) is 11.9 Å². The van der Waals surface area contributed by atoms with Crippen LogP contribution < -0.4 is 9.62 Å². The van der Waals surface area contributed by atoms with Crippen molar-refractivity contribution in [1.82, 2.24) is 0 Å². The summed E-state index contributed by atoms with van der Waals surface area (Å²) in [5, 5.41) is 3.09. The standard InChI is InChI=1S/C16H15Cl2FN2O3S/c1-10(16(22)20-14-9-11(17)7-8-12(14)18)21(25(2,23)24)15-6-4-3-5-13(15)19/h3-10H,1-2H3,(H,20,22)/t10-/m1/s1. The molecule has 2 aromatic carbocycles. The van der Waals surface area contributed by atoms with Crippen LogP contribution in [-0.2, 0) is 14.8 Å². The van der Waals surface area contributed by atoms with Crippen LogP contribution in [0.2, 0.25) is 10.0 Å². The lowest BCUT2D eigenvalue weighted by Gasteiger charge is -2.28. The highest BCUT2D eigenvalue weighted by Crippen LogP contribution is 2.28. The van der Waals surface area contributed by atoms with Gasteiger partial charge >= 0.3 is 0 Å². The van der Waals surface area contributed by atoms with Crippen molar-refractivity contribution < 1.29 is 17.6 Å². The van der Waals surface area contributed by atoms with Crippen LogP contribution in [0, 0.1) is 5.82 Å². The molecule has 0 unspecified atom stereocenters. The first kappa shape index (κ1) is 19.5. The summed E-state index contributed by atoms with van der Waals surface area (Å²) in [4.78, 5) is 12.5. The molecule has 0 bridgehead atoms. The fraction of sp³-hybridized carbons (Fsp3) is 0.188. The van der Waals surface area contributed by atoms with E-state index in [0.717, 1.165) is 16.6 Å². The topological polar surface area (TPSA) is 66.5 Å². The zero-order chi connectivity index (χ0) is 18.8. The van der Waals surface area contributed by atoms with Crippen LogP contribution in [0.25, 0.3) is 0 Å². The Hall–Kier alpha value is -1.83. The van der Waals surface area contributed by atoms with E-state index in [1.807, 2.05) is 0 Å². The normalized spacial score (nSPS) is 12.5. The molecule has 25 heavy (non-hydrogen) atoms. The minimum atomic E-state index is -3.92. The highest BCUT2D eigenvalue weighted by molar-refractivity contribution is 7.92. The van der Waals surface area contributed by atoms with Crippen LogP contribution in [0.1, 0.15) is 6.92 Å². The lowest BCUT2D eigenvalue weighted by Crippen LogP contribution is -2.45. The molecule has 0 aliphatic rings. The predicted octanol–water partition coefficient (Wildman–Crippen LogP) is 3.93. The van der Waals surface area contributed by atoms with Crippen LogP contribution in [0.15, 0.2) is 42.5 Å². The van der Waals surface area contributed by atoms with E-state index in [-0.39, 0.29) is 16.4 Å². The highest BCUT2D eigenvalue weighted by Gasteiger charge is 2.31. The Morgan fingerprint density at radius 2 is 1.84 bits per heavy atom. The molecule has 2 aromatic rings. The molecule has 9 heteroatoms. The molecule has 5 nitrogen and oxygen atoms in total. The number of amides is 1. The Kier molecular flexibility index (Phi) is 5.92. The molecule has 0 aromatic heterocycles.